The van der Waals surface area contributed by atoms with E-state index in [0.717, 1.165) is 4.90 Å². The van der Waals surface area contributed by atoms with Crippen LogP contribution >= 0.6 is 0 Å². The maximum Gasteiger partial charge on any atom is 0.325 e. The number of benzene rings is 2. The molecule has 0 unspecified atom stereocenters. The molecule has 3 aromatic rings. The van der Waals surface area contributed by atoms with E-state index >= 15 is 0 Å². The van der Waals surface area contributed by atoms with Gasteiger partial charge in [-0.05, 0) is 42.8 Å². The van der Waals surface area contributed by atoms with Crippen LogP contribution in [0.15, 0.2) is 40.9 Å². The van der Waals surface area contributed by atoms with Crippen LogP contribution in [0.2, 0.25) is 0 Å². The molecule has 5 rings (SSSR count). The molecule has 0 saturated carbocycles. The van der Waals surface area contributed by atoms with Gasteiger partial charge in [0.1, 0.15) is 25.3 Å². The van der Waals surface area contributed by atoms with Gasteiger partial charge in [-0.2, -0.15) is 4.98 Å². The lowest BCUT2D eigenvalue weighted by molar-refractivity contribution is -0.131. The highest BCUT2D eigenvalue weighted by Gasteiger charge is 2.49. The lowest BCUT2D eigenvalue weighted by atomic mass is 9.91. The van der Waals surface area contributed by atoms with Gasteiger partial charge in [0.05, 0.1) is 14.2 Å². The minimum Gasteiger partial charge on any atom is -0.493 e. The molecule has 2 aromatic carbocycles. The monoisotopic (exact) mass is 466 g/mol. The molecule has 1 saturated heterocycles. The number of nitrogens with zero attached hydrogens (tertiary/aromatic N) is 3. The Kier molecular flexibility index (Phi) is 5.23. The number of hydrogen-bond donors (Lipinski definition) is 1. The van der Waals surface area contributed by atoms with Crippen LogP contribution in [0.4, 0.5) is 4.79 Å². The van der Waals surface area contributed by atoms with E-state index in [1.54, 1.807) is 50.4 Å². The summed E-state index contributed by atoms with van der Waals surface area (Å²) in [5, 5.41) is 6.73. The number of carbonyl (C=O) groups is 2. The molecule has 2 aliphatic heterocycles. The van der Waals surface area contributed by atoms with Crippen molar-refractivity contribution in [1.29, 1.82) is 0 Å². The maximum absolute atomic E-state index is 13.3. The third-order valence-electron chi connectivity index (χ3n) is 5.80. The summed E-state index contributed by atoms with van der Waals surface area (Å²) in [5.41, 5.74) is -0.0702. The number of nitrogens with one attached hydrogen (secondary N) is 1. The van der Waals surface area contributed by atoms with Crippen molar-refractivity contribution >= 4 is 11.9 Å². The van der Waals surface area contributed by atoms with Crippen LogP contribution in [-0.2, 0) is 16.9 Å². The number of rotatable bonds is 6. The lowest BCUT2D eigenvalue weighted by Crippen LogP contribution is -2.41. The molecule has 0 aliphatic carbocycles. The van der Waals surface area contributed by atoms with Crippen LogP contribution in [0.1, 0.15) is 18.4 Å². The number of methoxy groups -OCH3 is 2. The fourth-order valence-electron chi connectivity index (χ4n) is 3.94. The summed E-state index contributed by atoms with van der Waals surface area (Å²) in [6, 6.07) is 9.79. The smallest absolute Gasteiger partial charge is 0.325 e. The second-order valence-corrected chi connectivity index (χ2v) is 7.89. The first-order valence-corrected chi connectivity index (χ1v) is 10.5. The topological polar surface area (TPSA) is 125 Å². The van der Waals surface area contributed by atoms with E-state index in [2.05, 4.69) is 15.5 Å². The van der Waals surface area contributed by atoms with Crippen molar-refractivity contribution in [3.63, 3.8) is 0 Å². The third kappa shape index (κ3) is 3.54. The van der Waals surface area contributed by atoms with Crippen LogP contribution < -0.4 is 24.3 Å². The first-order chi connectivity index (χ1) is 16.4. The van der Waals surface area contributed by atoms with Gasteiger partial charge < -0.3 is 28.8 Å². The molecule has 0 radical (unpaired) electrons. The number of fused-ring (bicyclic) bond motifs is 1. The predicted molar refractivity (Wildman–Crippen MR) is 117 cm³/mol. The first kappa shape index (κ1) is 21.6. The highest BCUT2D eigenvalue weighted by Crippen LogP contribution is 2.37. The summed E-state index contributed by atoms with van der Waals surface area (Å²) in [4.78, 5) is 31.4. The lowest BCUT2D eigenvalue weighted by Gasteiger charge is -2.25. The Balaban J connectivity index is 1.36. The molecule has 11 nitrogen and oxygen atoms in total. The molecule has 1 atom stereocenters. The molecule has 3 heterocycles. The standard InChI is InChI=1S/C23H22N4O7/c1-23(14-5-7-16-18(11-14)33-9-8-32-16)21(28)27(22(29)25-23)12-19-24-20(26-34-19)13-4-6-15(30-2)17(10-13)31-3/h4-7,10-11H,8-9,12H2,1-3H3,(H,25,29)/t23-/m1/s1. The van der Waals surface area contributed by atoms with Crippen LogP contribution in [0, 0.1) is 0 Å². The van der Waals surface area contributed by atoms with Crippen LogP contribution in [0.25, 0.3) is 11.4 Å². The van der Waals surface area contributed by atoms with E-state index < -0.39 is 17.5 Å². The maximum atomic E-state index is 13.3. The van der Waals surface area contributed by atoms with Crippen LogP contribution in [-0.4, -0.2) is 54.4 Å². The molecule has 2 aliphatic rings. The molecule has 1 fully saturated rings. The Morgan fingerprint density at radius 2 is 1.79 bits per heavy atom. The summed E-state index contributed by atoms with van der Waals surface area (Å²) in [7, 11) is 3.07. The number of aromatic nitrogens is 2. The molecule has 1 aromatic heterocycles. The molecular formula is C23H22N4O7. The fraction of sp³-hybridized carbons (Fsp3) is 0.304. The Bertz CT molecular complexity index is 1270. The van der Waals surface area contributed by atoms with Crippen molar-refractivity contribution in [2.75, 3.05) is 27.4 Å². The van der Waals surface area contributed by atoms with Gasteiger partial charge in [0.2, 0.25) is 11.7 Å². The van der Waals surface area contributed by atoms with Crippen molar-refractivity contribution in [1.82, 2.24) is 20.4 Å². The number of amides is 3. The third-order valence-corrected chi connectivity index (χ3v) is 5.80. The van der Waals surface area contributed by atoms with E-state index in [0.29, 0.717) is 47.3 Å². The summed E-state index contributed by atoms with van der Waals surface area (Å²) in [6.45, 7) is 2.34. The van der Waals surface area contributed by atoms with Crippen molar-refractivity contribution in [2.45, 2.75) is 19.0 Å². The number of hydrogen-bond acceptors (Lipinski definition) is 9. The Labute approximate surface area is 194 Å². The highest BCUT2D eigenvalue weighted by molar-refractivity contribution is 6.07. The number of carbonyl (C=O) groups excluding carboxylic acids is 2. The number of urea groups is 1. The summed E-state index contributed by atoms with van der Waals surface area (Å²) >= 11 is 0. The Morgan fingerprint density at radius 1 is 1.03 bits per heavy atom. The zero-order valence-corrected chi connectivity index (χ0v) is 18.8. The van der Waals surface area contributed by atoms with Crippen LogP contribution in [0.5, 0.6) is 23.0 Å². The highest BCUT2D eigenvalue weighted by atomic mass is 16.6. The second-order valence-electron chi connectivity index (χ2n) is 7.89. The quantitative estimate of drug-likeness (QED) is 0.545. The largest absolute Gasteiger partial charge is 0.493 e. The molecule has 1 N–H and O–H groups in total. The molecule has 176 valence electrons. The first-order valence-electron chi connectivity index (χ1n) is 10.5. The van der Waals surface area contributed by atoms with Crippen LogP contribution in [0.3, 0.4) is 0 Å². The Morgan fingerprint density at radius 3 is 2.56 bits per heavy atom. The zero-order valence-electron chi connectivity index (χ0n) is 18.8. The molecular weight excluding hydrogens is 444 g/mol. The SMILES string of the molecule is COc1ccc(-c2noc(CN3C(=O)N[C@](C)(c4ccc5c(c4)OCCO5)C3=O)n2)cc1OC. The number of ether oxygens (including phenoxy) is 4. The Hall–Kier alpha value is -4.28. The minimum atomic E-state index is -1.28. The predicted octanol–water partition coefficient (Wildman–Crippen LogP) is 2.49. The van der Waals surface area contributed by atoms with Gasteiger partial charge in [-0.3, -0.25) is 9.69 Å². The van der Waals surface area contributed by atoms with E-state index in [9.17, 15) is 9.59 Å². The average molecular weight is 466 g/mol. The summed E-state index contributed by atoms with van der Waals surface area (Å²) in [6.07, 6.45) is 0. The van der Waals surface area contributed by atoms with Gasteiger partial charge in [0.25, 0.3) is 5.91 Å². The van der Waals surface area contributed by atoms with E-state index in [4.69, 9.17) is 23.5 Å². The van der Waals surface area contributed by atoms with Gasteiger partial charge in [-0.15, -0.1) is 0 Å². The van der Waals surface area contributed by atoms with Crippen molar-refractivity contribution in [2.24, 2.45) is 0 Å². The van der Waals surface area contributed by atoms with E-state index in [1.807, 2.05) is 0 Å². The van der Waals surface area contributed by atoms with Crippen molar-refractivity contribution in [3.8, 4) is 34.4 Å². The molecule has 11 heteroatoms. The zero-order chi connectivity index (χ0) is 23.9. The normalized spacial score (nSPS) is 19.2. The molecule has 0 spiro atoms. The number of imide groups is 1. The minimum absolute atomic E-state index is 0.111. The van der Waals surface area contributed by atoms with Gasteiger partial charge in [-0.25, -0.2) is 4.79 Å². The van der Waals surface area contributed by atoms with Gasteiger partial charge in [0, 0.05) is 5.56 Å². The van der Waals surface area contributed by atoms with Crippen molar-refractivity contribution < 1.29 is 33.1 Å². The van der Waals surface area contributed by atoms with E-state index in [-0.39, 0.29) is 18.3 Å². The van der Waals surface area contributed by atoms with E-state index in [1.165, 1.54) is 7.11 Å². The van der Waals surface area contributed by atoms with Gasteiger partial charge in [-0.1, -0.05) is 11.2 Å². The second kappa shape index (κ2) is 8.25. The van der Waals surface area contributed by atoms with Gasteiger partial charge >= 0.3 is 6.03 Å². The molecule has 0 bridgehead atoms. The fourth-order valence-corrected chi connectivity index (χ4v) is 3.94. The summed E-state index contributed by atoms with van der Waals surface area (Å²) in [5.74, 6) is 2.16. The average Bonchev–Trinajstić information content (AvgIpc) is 3.42. The van der Waals surface area contributed by atoms with Crippen molar-refractivity contribution in [3.05, 3.63) is 47.9 Å². The molecule has 34 heavy (non-hydrogen) atoms. The van der Waals surface area contributed by atoms with Gasteiger partial charge in [0.15, 0.2) is 23.0 Å². The summed E-state index contributed by atoms with van der Waals surface area (Å²) < 4.78 is 27.0. The molecule has 3 amide bonds.